The Labute approximate surface area is 63.8 Å². The van der Waals surface area contributed by atoms with Crippen LogP contribution in [-0.4, -0.2) is 4.92 Å². The normalized spacial score (nSPS) is 9.55. The summed E-state index contributed by atoms with van der Waals surface area (Å²) < 4.78 is 0. The molecule has 57 valence electrons. The van der Waals surface area contributed by atoms with E-state index in [1.807, 2.05) is 0 Å². The van der Waals surface area contributed by atoms with Gasteiger partial charge in [-0.15, -0.1) is 0 Å². The second-order valence-electron chi connectivity index (χ2n) is 2.15. The molecule has 1 aromatic rings. The highest BCUT2D eigenvalue weighted by Gasteiger charge is 2.08. The van der Waals surface area contributed by atoms with Crippen LogP contribution in [0.2, 0.25) is 0 Å². The zero-order valence-corrected chi connectivity index (χ0v) is 5.78. The summed E-state index contributed by atoms with van der Waals surface area (Å²) in [7, 11) is 0. The number of nitrogens with two attached hydrogens (primary N) is 1. The summed E-state index contributed by atoms with van der Waals surface area (Å²) in [5, 5.41) is 10.3. The first kappa shape index (κ1) is 7.53. The molecule has 0 bridgehead atoms. The predicted molar refractivity (Wildman–Crippen MR) is 42.0 cm³/mol. The number of hydrogen-bond donors (Lipinski definition) is 1. The van der Waals surface area contributed by atoms with Crippen LogP contribution in [0.15, 0.2) is 18.2 Å². The molecule has 4 nitrogen and oxygen atoms in total. The Morgan fingerprint density at radius 3 is 2.64 bits per heavy atom. The minimum absolute atomic E-state index is 0.000741. The molecule has 1 aromatic carbocycles. The van der Waals surface area contributed by atoms with Crippen molar-refractivity contribution in [2.24, 2.45) is 0 Å². The van der Waals surface area contributed by atoms with E-state index in [-0.39, 0.29) is 5.69 Å². The Morgan fingerprint density at radius 1 is 1.55 bits per heavy atom. The molecule has 0 saturated carbocycles. The van der Waals surface area contributed by atoms with Gasteiger partial charge in [-0.2, -0.15) is 0 Å². The fraction of sp³-hybridized carbons (Fsp3) is 0. The SMILES string of the molecule is [CH2]c1cc(N)ccc1[N+](=O)[O-]. The maximum absolute atomic E-state index is 10.3. The third-order valence-corrected chi connectivity index (χ3v) is 1.30. The summed E-state index contributed by atoms with van der Waals surface area (Å²) in [6.45, 7) is 3.48. The van der Waals surface area contributed by atoms with Crippen molar-refractivity contribution >= 4 is 11.4 Å². The van der Waals surface area contributed by atoms with E-state index in [1.165, 1.54) is 18.2 Å². The first-order valence-electron chi connectivity index (χ1n) is 2.97. The van der Waals surface area contributed by atoms with Crippen molar-refractivity contribution in [2.45, 2.75) is 0 Å². The highest BCUT2D eigenvalue weighted by atomic mass is 16.6. The van der Waals surface area contributed by atoms with Crippen LogP contribution in [0.3, 0.4) is 0 Å². The molecule has 1 rings (SSSR count). The molecule has 4 heteroatoms. The molecule has 0 saturated heterocycles. The number of nitro benzene ring substituents is 1. The number of nitrogens with zero attached hydrogens (tertiary/aromatic N) is 1. The highest BCUT2D eigenvalue weighted by Crippen LogP contribution is 2.19. The first-order chi connectivity index (χ1) is 5.11. The second kappa shape index (κ2) is 2.57. The van der Waals surface area contributed by atoms with E-state index in [4.69, 9.17) is 5.73 Å². The maximum atomic E-state index is 10.3. The summed E-state index contributed by atoms with van der Waals surface area (Å²) in [5.74, 6) is 0. The van der Waals surface area contributed by atoms with E-state index in [0.29, 0.717) is 11.3 Å². The van der Waals surface area contributed by atoms with Crippen molar-refractivity contribution < 1.29 is 4.92 Å². The van der Waals surface area contributed by atoms with Gasteiger partial charge in [-0.3, -0.25) is 10.1 Å². The van der Waals surface area contributed by atoms with Gasteiger partial charge in [-0.25, -0.2) is 0 Å². The Morgan fingerprint density at radius 2 is 2.18 bits per heavy atom. The average Bonchev–Trinajstić information content (AvgIpc) is 1.85. The number of anilines is 1. The zero-order chi connectivity index (χ0) is 8.43. The number of rotatable bonds is 1. The van der Waals surface area contributed by atoms with Gasteiger partial charge < -0.3 is 5.73 Å². The van der Waals surface area contributed by atoms with Gasteiger partial charge in [0.25, 0.3) is 5.69 Å². The van der Waals surface area contributed by atoms with Crippen LogP contribution < -0.4 is 5.73 Å². The van der Waals surface area contributed by atoms with Crippen LogP contribution in [0.5, 0.6) is 0 Å². The van der Waals surface area contributed by atoms with Crippen molar-refractivity contribution in [3.63, 3.8) is 0 Å². The van der Waals surface area contributed by atoms with Gasteiger partial charge in [0, 0.05) is 17.3 Å². The monoisotopic (exact) mass is 151 g/mol. The van der Waals surface area contributed by atoms with Crippen molar-refractivity contribution in [3.8, 4) is 0 Å². The van der Waals surface area contributed by atoms with Crippen LogP contribution in [0, 0.1) is 17.0 Å². The van der Waals surface area contributed by atoms with E-state index < -0.39 is 4.92 Å². The molecule has 0 aromatic heterocycles. The van der Waals surface area contributed by atoms with Gasteiger partial charge in [0.2, 0.25) is 0 Å². The van der Waals surface area contributed by atoms with Crippen molar-refractivity contribution in [1.29, 1.82) is 0 Å². The van der Waals surface area contributed by atoms with Crippen molar-refractivity contribution in [3.05, 3.63) is 40.8 Å². The Balaban J connectivity index is 3.20. The lowest BCUT2D eigenvalue weighted by atomic mass is 10.2. The lowest BCUT2D eigenvalue weighted by Gasteiger charge is -1.96. The molecule has 0 atom stereocenters. The van der Waals surface area contributed by atoms with Crippen molar-refractivity contribution in [2.75, 3.05) is 5.73 Å². The molecule has 0 aliphatic carbocycles. The smallest absolute Gasteiger partial charge is 0.272 e. The van der Waals surface area contributed by atoms with Gasteiger partial charge in [0.1, 0.15) is 0 Å². The molecule has 0 aliphatic rings. The summed E-state index contributed by atoms with van der Waals surface area (Å²) in [6.07, 6.45) is 0. The van der Waals surface area contributed by atoms with Crippen LogP contribution in [0.4, 0.5) is 11.4 Å². The fourth-order valence-corrected chi connectivity index (χ4v) is 0.784. The Hall–Kier alpha value is -1.58. The molecule has 11 heavy (non-hydrogen) atoms. The molecule has 0 fully saturated rings. The van der Waals surface area contributed by atoms with E-state index >= 15 is 0 Å². The molecule has 0 heterocycles. The highest BCUT2D eigenvalue weighted by molar-refractivity contribution is 5.52. The largest absolute Gasteiger partial charge is 0.399 e. The molecule has 0 amide bonds. The van der Waals surface area contributed by atoms with E-state index in [1.54, 1.807) is 0 Å². The van der Waals surface area contributed by atoms with Crippen molar-refractivity contribution in [1.82, 2.24) is 0 Å². The van der Waals surface area contributed by atoms with Gasteiger partial charge in [-0.1, -0.05) is 0 Å². The summed E-state index contributed by atoms with van der Waals surface area (Å²) in [5.41, 5.74) is 6.19. The quantitative estimate of drug-likeness (QED) is 0.374. The predicted octanol–water partition coefficient (Wildman–Crippen LogP) is 1.36. The van der Waals surface area contributed by atoms with Crippen LogP contribution in [0.1, 0.15) is 5.56 Å². The van der Waals surface area contributed by atoms with Gasteiger partial charge in [0.15, 0.2) is 0 Å². The summed E-state index contributed by atoms with van der Waals surface area (Å²) >= 11 is 0. The van der Waals surface area contributed by atoms with E-state index in [2.05, 4.69) is 6.92 Å². The standard InChI is InChI=1S/C7H7N2O2/c1-5-4-6(8)2-3-7(5)9(10)11/h2-4H,1,8H2. The number of nitrogen functional groups attached to an aromatic ring is 1. The maximum Gasteiger partial charge on any atom is 0.272 e. The minimum atomic E-state index is -0.484. The van der Waals surface area contributed by atoms with Crippen LogP contribution in [0.25, 0.3) is 0 Å². The minimum Gasteiger partial charge on any atom is -0.399 e. The third kappa shape index (κ3) is 1.46. The summed E-state index contributed by atoms with van der Waals surface area (Å²) in [6, 6.07) is 4.29. The Kier molecular flexibility index (Phi) is 1.76. The van der Waals surface area contributed by atoms with E-state index in [0.717, 1.165) is 0 Å². The number of benzene rings is 1. The second-order valence-corrected chi connectivity index (χ2v) is 2.15. The fourth-order valence-electron chi connectivity index (χ4n) is 0.784. The zero-order valence-electron chi connectivity index (χ0n) is 5.78. The van der Waals surface area contributed by atoms with Gasteiger partial charge in [0.05, 0.1) is 4.92 Å². The molecule has 2 N–H and O–H groups in total. The lowest BCUT2D eigenvalue weighted by Crippen LogP contribution is -1.93. The number of nitro groups is 1. The topological polar surface area (TPSA) is 69.2 Å². The van der Waals surface area contributed by atoms with Crippen LogP contribution >= 0.6 is 0 Å². The number of hydrogen-bond acceptors (Lipinski definition) is 3. The molecular formula is C7H7N2O2. The van der Waals surface area contributed by atoms with Crippen LogP contribution in [-0.2, 0) is 0 Å². The molecular weight excluding hydrogens is 144 g/mol. The average molecular weight is 151 g/mol. The van der Waals surface area contributed by atoms with E-state index in [9.17, 15) is 10.1 Å². The third-order valence-electron chi connectivity index (χ3n) is 1.30. The first-order valence-corrected chi connectivity index (χ1v) is 2.97. The molecule has 0 aliphatic heterocycles. The van der Waals surface area contributed by atoms with Gasteiger partial charge >= 0.3 is 0 Å². The van der Waals surface area contributed by atoms with Gasteiger partial charge in [-0.05, 0) is 19.1 Å². The molecule has 1 radical (unpaired) electrons. The molecule has 0 spiro atoms. The lowest BCUT2D eigenvalue weighted by molar-refractivity contribution is -0.385. The summed E-state index contributed by atoms with van der Waals surface area (Å²) in [4.78, 5) is 9.77. The Bertz CT molecular complexity index is 296. The molecule has 0 unspecified atom stereocenters.